The number of alkyl halides is 1. The average molecular weight is 268 g/mol. The van der Waals surface area contributed by atoms with Crippen LogP contribution in [0, 0.1) is 0 Å². The zero-order valence-electron chi connectivity index (χ0n) is 8.98. The van der Waals surface area contributed by atoms with Gasteiger partial charge in [-0.3, -0.25) is 0 Å². The highest BCUT2D eigenvalue weighted by molar-refractivity contribution is 7.10. The topological polar surface area (TPSA) is 31.4 Å². The molecular weight excluding hydrogens is 258 g/mol. The molecule has 0 bridgehead atoms. The van der Waals surface area contributed by atoms with Crippen LogP contribution in [0.3, 0.4) is 0 Å². The van der Waals surface area contributed by atoms with E-state index in [0.717, 1.165) is 34.2 Å². The summed E-state index contributed by atoms with van der Waals surface area (Å²) in [5.41, 5.74) is 2.01. The molecule has 1 aromatic heterocycles. The number of halogens is 1. The van der Waals surface area contributed by atoms with Crippen LogP contribution < -0.4 is 9.47 Å². The lowest BCUT2D eigenvalue weighted by atomic mass is 10.1. The Hall–Kier alpha value is -1.26. The van der Waals surface area contributed by atoms with Gasteiger partial charge in [-0.15, -0.1) is 22.9 Å². The molecule has 0 N–H and O–H groups in total. The van der Waals surface area contributed by atoms with Crippen LogP contribution in [0.4, 0.5) is 0 Å². The van der Waals surface area contributed by atoms with Crippen LogP contribution in [0.15, 0.2) is 23.6 Å². The fourth-order valence-corrected chi connectivity index (χ4v) is 2.79. The first-order valence-corrected chi connectivity index (χ1v) is 6.68. The SMILES string of the molecule is ClCCc1nc(-c2ccc3c(c2)OCO3)cs1. The molecule has 0 saturated carbocycles. The Labute approximate surface area is 108 Å². The molecule has 2 aromatic rings. The Balaban J connectivity index is 1.92. The molecule has 0 aliphatic carbocycles. The average Bonchev–Trinajstić information content (AvgIpc) is 2.96. The van der Waals surface area contributed by atoms with Gasteiger partial charge in [-0.05, 0) is 18.2 Å². The van der Waals surface area contributed by atoms with Crippen molar-refractivity contribution in [2.75, 3.05) is 12.7 Å². The highest BCUT2D eigenvalue weighted by atomic mass is 35.5. The number of rotatable bonds is 3. The quantitative estimate of drug-likeness (QED) is 0.800. The molecule has 0 amide bonds. The van der Waals surface area contributed by atoms with Crippen molar-refractivity contribution in [3.8, 4) is 22.8 Å². The van der Waals surface area contributed by atoms with E-state index in [-0.39, 0.29) is 0 Å². The highest BCUT2D eigenvalue weighted by Gasteiger charge is 2.14. The minimum absolute atomic E-state index is 0.299. The normalized spacial score (nSPS) is 13.0. The van der Waals surface area contributed by atoms with Crippen molar-refractivity contribution in [2.24, 2.45) is 0 Å². The van der Waals surface area contributed by atoms with E-state index in [9.17, 15) is 0 Å². The lowest BCUT2D eigenvalue weighted by molar-refractivity contribution is 0.174. The second-order valence-electron chi connectivity index (χ2n) is 3.63. The molecule has 0 unspecified atom stereocenters. The second-order valence-corrected chi connectivity index (χ2v) is 4.95. The summed E-state index contributed by atoms with van der Waals surface area (Å²) >= 11 is 7.33. The first-order chi connectivity index (χ1) is 8.36. The Kier molecular flexibility index (Phi) is 2.91. The van der Waals surface area contributed by atoms with Crippen LogP contribution in [-0.2, 0) is 6.42 Å². The maximum Gasteiger partial charge on any atom is 0.231 e. The predicted molar refractivity (Wildman–Crippen MR) is 68.1 cm³/mol. The lowest BCUT2D eigenvalue weighted by Gasteiger charge is -1.99. The summed E-state index contributed by atoms with van der Waals surface area (Å²) in [6, 6.07) is 5.87. The van der Waals surface area contributed by atoms with E-state index in [1.807, 2.05) is 23.6 Å². The van der Waals surface area contributed by atoms with Crippen LogP contribution in [-0.4, -0.2) is 17.7 Å². The van der Waals surface area contributed by atoms with E-state index >= 15 is 0 Å². The van der Waals surface area contributed by atoms with Gasteiger partial charge in [-0.1, -0.05) is 0 Å². The maximum atomic E-state index is 5.70. The van der Waals surface area contributed by atoms with E-state index in [1.165, 1.54) is 0 Å². The molecule has 0 saturated heterocycles. The number of nitrogens with zero attached hydrogens (tertiary/aromatic N) is 1. The summed E-state index contributed by atoms with van der Waals surface area (Å²) in [6.45, 7) is 0.299. The van der Waals surface area contributed by atoms with Crippen molar-refractivity contribution in [3.05, 3.63) is 28.6 Å². The number of aromatic nitrogens is 1. The van der Waals surface area contributed by atoms with Crippen molar-refractivity contribution < 1.29 is 9.47 Å². The van der Waals surface area contributed by atoms with E-state index in [1.54, 1.807) is 11.3 Å². The second kappa shape index (κ2) is 4.55. The van der Waals surface area contributed by atoms with Crippen LogP contribution in [0.5, 0.6) is 11.5 Å². The van der Waals surface area contributed by atoms with Gasteiger partial charge in [0.15, 0.2) is 11.5 Å². The van der Waals surface area contributed by atoms with Gasteiger partial charge < -0.3 is 9.47 Å². The van der Waals surface area contributed by atoms with Gasteiger partial charge in [-0.2, -0.15) is 0 Å². The molecular formula is C12H10ClNO2S. The minimum Gasteiger partial charge on any atom is -0.454 e. The summed E-state index contributed by atoms with van der Waals surface area (Å²) in [7, 11) is 0. The summed E-state index contributed by atoms with van der Waals surface area (Å²) in [5.74, 6) is 2.19. The molecule has 5 heteroatoms. The smallest absolute Gasteiger partial charge is 0.231 e. The molecule has 3 nitrogen and oxygen atoms in total. The van der Waals surface area contributed by atoms with E-state index < -0.39 is 0 Å². The monoisotopic (exact) mass is 267 g/mol. The maximum absolute atomic E-state index is 5.70. The van der Waals surface area contributed by atoms with Crippen molar-refractivity contribution in [2.45, 2.75) is 6.42 Å². The van der Waals surface area contributed by atoms with Gasteiger partial charge in [0.1, 0.15) is 0 Å². The summed E-state index contributed by atoms with van der Waals surface area (Å²) in [6.07, 6.45) is 0.816. The molecule has 0 radical (unpaired) electrons. The molecule has 17 heavy (non-hydrogen) atoms. The Morgan fingerprint density at radius 2 is 2.18 bits per heavy atom. The number of benzene rings is 1. The van der Waals surface area contributed by atoms with E-state index in [2.05, 4.69) is 4.98 Å². The predicted octanol–water partition coefficient (Wildman–Crippen LogP) is 3.32. The van der Waals surface area contributed by atoms with Crippen molar-refractivity contribution in [3.63, 3.8) is 0 Å². The molecule has 1 aliphatic heterocycles. The van der Waals surface area contributed by atoms with Crippen LogP contribution in [0.2, 0.25) is 0 Å². The van der Waals surface area contributed by atoms with Crippen molar-refractivity contribution in [1.82, 2.24) is 4.98 Å². The van der Waals surface area contributed by atoms with Gasteiger partial charge in [-0.25, -0.2) is 4.98 Å². The third kappa shape index (κ3) is 2.10. The van der Waals surface area contributed by atoms with Crippen molar-refractivity contribution in [1.29, 1.82) is 0 Å². The lowest BCUT2D eigenvalue weighted by Crippen LogP contribution is -1.92. The highest BCUT2D eigenvalue weighted by Crippen LogP contribution is 2.36. The molecule has 0 spiro atoms. The number of fused-ring (bicyclic) bond motifs is 1. The minimum atomic E-state index is 0.299. The fourth-order valence-electron chi connectivity index (χ4n) is 1.70. The fraction of sp³-hybridized carbons (Fsp3) is 0.250. The van der Waals surface area contributed by atoms with Gasteiger partial charge in [0, 0.05) is 23.2 Å². The molecule has 0 fully saturated rings. The van der Waals surface area contributed by atoms with Crippen LogP contribution >= 0.6 is 22.9 Å². The number of hydrogen-bond acceptors (Lipinski definition) is 4. The van der Waals surface area contributed by atoms with E-state index in [4.69, 9.17) is 21.1 Å². The summed E-state index contributed by atoms with van der Waals surface area (Å²) in [4.78, 5) is 4.53. The standard InChI is InChI=1S/C12H10ClNO2S/c13-4-3-12-14-9(6-17-12)8-1-2-10-11(5-8)16-7-15-10/h1-2,5-6H,3-4,7H2. The van der Waals surface area contributed by atoms with Gasteiger partial charge in [0.25, 0.3) is 0 Å². The molecule has 88 valence electrons. The van der Waals surface area contributed by atoms with Crippen molar-refractivity contribution >= 4 is 22.9 Å². The third-order valence-corrected chi connectivity index (χ3v) is 3.63. The zero-order valence-corrected chi connectivity index (χ0v) is 10.6. The Morgan fingerprint density at radius 3 is 3.06 bits per heavy atom. The third-order valence-electron chi connectivity index (χ3n) is 2.53. The number of thiazole rings is 1. The first kappa shape index (κ1) is 10.9. The van der Waals surface area contributed by atoms with Gasteiger partial charge in [0.05, 0.1) is 10.7 Å². The molecule has 0 atom stereocenters. The number of ether oxygens (including phenoxy) is 2. The number of hydrogen-bond donors (Lipinski definition) is 0. The Morgan fingerprint density at radius 1 is 1.29 bits per heavy atom. The number of aryl methyl sites for hydroxylation is 1. The van der Waals surface area contributed by atoms with Crippen LogP contribution in [0.25, 0.3) is 11.3 Å². The molecule has 1 aliphatic rings. The summed E-state index contributed by atoms with van der Waals surface area (Å²) in [5, 5.41) is 3.10. The Bertz CT molecular complexity index is 541. The van der Waals surface area contributed by atoms with E-state index in [0.29, 0.717) is 12.7 Å². The largest absolute Gasteiger partial charge is 0.454 e. The molecule has 3 rings (SSSR count). The van der Waals surface area contributed by atoms with Crippen LogP contribution in [0.1, 0.15) is 5.01 Å². The zero-order chi connectivity index (χ0) is 11.7. The van der Waals surface area contributed by atoms with Gasteiger partial charge in [0.2, 0.25) is 6.79 Å². The molecule has 1 aromatic carbocycles. The van der Waals surface area contributed by atoms with Gasteiger partial charge >= 0.3 is 0 Å². The summed E-state index contributed by atoms with van der Waals surface area (Å²) < 4.78 is 10.6. The first-order valence-electron chi connectivity index (χ1n) is 5.27. The molecule has 2 heterocycles.